The van der Waals surface area contributed by atoms with Gasteiger partial charge in [-0.3, -0.25) is 14.3 Å². The van der Waals surface area contributed by atoms with E-state index < -0.39 is 11.4 Å². The Morgan fingerprint density at radius 2 is 1.79 bits per heavy atom. The average molecular weight is 329 g/mol. The Hall–Kier alpha value is -2.63. The second-order valence-electron chi connectivity index (χ2n) is 6.32. The zero-order chi connectivity index (χ0) is 18.1. The number of amides is 1. The molecule has 0 unspecified atom stereocenters. The Balaban J connectivity index is 2.22. The number of aliphatic carboxylic acids is 1. The Morgan fingerprint density at radius 3 is 2.25 bits per heavy atom. The smallest absolute Gasteiger partial charge is 0.313 e. The monoisotopic (exact) mass is 329 g/mol. The van der Waals surface area contributed by atoms with Crippen molar-refractivity contribution in [3.8, 4) is 0 Å². The standard InChI is InChI=1S/C18H23N3O3/c1-6-21-12(3)15(11(2)20-21)16(22)19-14-9-7-13(8-10-14)18(4,5)17(23)24/h7-10H,6H2,1-5H3,(H,19,22)(H,23,24). The highest BCUT2D eigenvalue weighted by Crippen LogP contribution is 2.25. The average Bonchev–Trinajstić information content (AvgIpc) is 2.81. The molecule has 0 saturated heterocycles. The quantitative estimate of drug-likeness (QED) is 0.882. The molecule has 1 amide bonds. The van der Waals surface area contributed by atoms with E-state index in [0.717, 1.165) is 5.69 Å². The van der Waals surface area contributed by atoms with Crippen LogP contribution in [-0.4, -0.2) is 26.8 Å². The van der Waals surface area contributed by atoms with Crippen molar-refractivity contribution in [2.24, 2.45) is 0 Å². The highest BCUT2D eigenvalue weighted by Gasteiger charge is 2.29. The van der Waals surface area contributed by atoms with Gasteiger partial charge in [-0.05, 0) is 52.3 Å². The maximum Gasteiger partial charge on any atom is 0.313 e. The number of carboxylic acid groups (broad SMARTS) is 1. The largest absolute Gasteiger partial charge is 0.481 e. The number of aryl methyl sites for hydroxylation is 2. The third-order valence-corrected chi connectivity index (χ3v) is 4.31. The first-order chi connectivity index (χ1) is 11.2. The van der Waals surface area contributed by atoms with Crippen LogP contribution in [0.1, 0.15) is 48.1 Å². The Kier molecular flexibility index (Phi) is 4.78. The van der Waals surface area contributed by atoms with Crippen LogP contribution in [-0.2, 0) is 16.8 Å². The third kappa shape index (κ3) is 3.18. The molecule has 0 aliphatic rings. The molecule has 0 spiro atoms. The van der Waals surface area contributed by atoms with E-state index in [4.69, 9.17) is 0 Å². The van der Waals surface area contributed by atoms with Gasteiger partial charge in [-0.1, -0.05) is 12.1 Å². The number of carbonyl (C=O) groups is 2. The molecule has 0 atom stereocenters. The number of aromatic nitrogens is 2. The van der Waals surface area contributed by atoms with Gasteiger partial charge in [0, 0.05) is 17.9 Å². The number of nitrogens with zero attached hydrogens (tertiary/aromatic N) is 2. The molecule has 128 valence electrons. The maximum atomic E-state index is 12.5. The molecule has 1 heterocycles. The van der Waals surface area contributed by atoms with Gasteiger partial charge in [0.25, 0.3) is 5.91 Å². The number of hydrogen-bond donors (Lipinski definition) is 2. The van der Waals surface area contributed by atoms with E-state index in [1.54, 1.807) is 42.8 Å². The number of benzene rings is 1. The van der Waals surface area contributed by atoms with Crippen molar-refractivity contribution in [2.45, 2.75) is 46.6 Å². The predicted octanol–water partition coefficient (Wildman–Crippen LogP) is 3.13. The summed E-state index contributed by atoms with van der Waals surface area (Å²) in [6, 6.07) is 6.87. The molecule has 6 nitrogen and oxygen atoms in total. The summed E-state index contributed by atoms with van der Waals surface area (Å²) in [5.41, 5.74) is 2.42. The van der Waals surface area contributed by atoms with E-state index in [1.165, 1.54) is 0 Å². The Labute approximate surface area is 141 Å². The van der Waals surface area contributed by atoms with Crippen LogP contribution in [0, 0.1) is 13.8 Å². The van der Waals surface area contributed by atoms with Gasteiger partial charge in [0.05, 0.1) is 16.7 Å². The summed E-state index contributed by atoms with van der Waals surface area (Å²) in [7, 11) is 0. The zero-order valence-corrected chi connectivity index (χ0v) is 14.7. The first kappa shape index (κ1) is 17.7. The minimum Gasteiger partial charge on any atom is -0.481 e. The van der Waals surface area contributed by atoms with Crippen LogP contribution in [0.15, 0.2) is 24.3 Å². The summed E-state index contributed by atoms with van der Waals surface area (Å²) >= 11 is 0. The van der Waals surface area contributed by atoms with Gasteiger partial charge in [-0.25, -0.2) is 0 Å². The van der Waals surface area contributed by atoms with E-state index >= 15 is 0 Å². The molecule has 0 fully saturated rings. The van der Waals surface area contributed by atoms with Crippen LogP contribution >= 0.6 is 0 Å². The lowest BCUT2D eigenvalue weighted by molar-refractivity contribution is -0.142. The van der Waals surface area contributed by atoms with Crippen molar-refractivity contribution in [3.05, 3.63) is 46.8 Å². The zero-order valence-electron chi connectivity index (χ0n) is 14.7. The first-order valence-electron chi connectivity index (χ1n) is 7.87. The lowest BCUT2D eigenvalue weighted by atomic mass is 9.85. The van der Waals surface area contributed by atoms with E-state index in [9.17, 15) is 14.7 Å². The van der Waals surface area contributed by atoms with Gasteiger partial charge in [-0.15, -0.1) is 0 Å². The Bertz CT molecular complexity index is 774. The van der Waals surface area contributed by atoms with Crippen molar-refractivity contribution in [2.75, 3.05) is 5.32 Å². The second kappa shape index (κ2) is 6.47. The van der Waals surface area contributed by atoms with Gasteiger partial charge >= 0.3 is 5.97 Å². The Morgan fingerprint density at radius 1 is 1.21 bits per heavy atom. The molecule has 0 aliphatic carbocycles. The van der Waals surface area contributed by atoms with Crippen molar-refractivity contribution < 1.29 is 14.7 Å². The van der Waals surface area contributed by atoms with Crippen LogP contribution in [0.25, 0.3) is 0 Å². The summed E-state index contributed by atoms with van der Waals surface area (Å²) in [4.78, 5) is 23.8. The molecule has 0 aliphatic heterocycles. The molecule has 2 N–H and O–H groups in total. The summed E-state index contributed by atoms with van der Waals surface area (Å²) in [6.45, 7) is 9.66. The van der Waals surface area contributed by atoms with Gasteiger partial charge < -0.3 is 10.4 Å². The van der Waals surface area contributed by atoms with Crippen LogP contribution in [0.4, 0.5) is 5.69 Å². The normalized spacial score (nSPS) is 11.4. The van der Waals surface area contributed by atoms with Crippen LogP contribution < -0.4 is 5.32 Å². The van der Waals surface area contributed by atoms with Crippen molar-refractivity contribution >= 4 is 17.6 Å². The molecular weight excluding hydrogens is 306 g/mol. The fraction of sp³-hybridized carbons (Fsp3) is 0.389. The van der Waals surface area contributed by atoms with Gasteiger partial charge in [-0.2, -0.15) is 5.10 Å². The topological polar surface area (TPSA) is 84.2 Å². The first-order valence-corrected chi connectivity index (χ1v) is 7.87. The molecule has 24 heavy (non-hydrogen) atoms. The maximum absolute atomic E-state index is 12.5. The van der Waals surface area contributed by atoms with Crippen molar-refractivity contribution in [3.63, 3.8) is 0 Å². The highest BCUT2D eigenvalue weighted by atomic mass is 16.4. The van der Waals surface area contributed by atoms with E-state index in [1.807, 2.05) is 20.8 Å². The molecule has 2 rings (SSSR count). The molecule has 0 bridgehead atoms. The minimum atomic E-state index is -0.974. The SMILES string of the molecule is CCn1nc(C)c(C(=O)Nc2ccc(C(C)(C)C(=O)O)cc2)c1C. The second-order valence-corrected chi connectivity index (χ2v) is 6.32. The van der Waals surface area contributed by atoms with Gasteiger partial charge in [0.15, 0.2) is 0 Å². The number of hydrogen-bond acceptors (Lipinski definition) is 3. The lowest BCUT2D eigenvalue weighted by Gasteiger charge is -2.19. The number of rotatable bonds is 5. The fourth-order valence-corrected chi connectivity index (χ4v) is 2.62. The van der Waals surface area contributed by atoms with Crippen LogP contribution in [0.5, 0.6) is 0 Å². The van der Waals surface area contributed by atoms with Crippen LogP contribution in [0.3, 0.4) is 0 Å². The number of carboxylic acids is 1. The summed E-state index contributed by atoms with van der Waals surface area (Å²) < 4.78 is 1.79. The number of anilines is 1. The molecule has 1 aromatic carbocycles. The molecule has 2 aromatic rings. The van der Waals surface area contributed by atoms with E-state index in [-0.39, 0.29) is 5.91 Å². The fourth-order valence-electron chi connectivity index (χ4n) is 2.62. The van der Waals surface area contributed by atoms with E-state index in [2.05, 4.69) is 10.4 Å². The molecule has 0 saturated carbocycles. The third-order valence-electron chi connectivity index (χ3n) is 4.31. The number of carbonyl (C=O) groups excluding carboxylic acids is 1. The molecule has 0 radical (unpaired) electrons. The molecule has 1 aromatic heterocycles. The van der Waals surface area contributed by atoms with Crippen molar-refractivity contribution in [1.29, 1.82) is 0 Å². The van der Waals surface area contributed by atoms with Crippen LogP contribution in [0.2, 0.25) is 0 Å². The van der Waals surface area contributed by atoms with Gasteiger partial charge in [0.2, 0.25) is 0 Å². The minimum absolute atomic E-state index is 0.213. The number of nitrogens with one attached hydrogen (secondary N) is 1. The van der Waals surface area contributed by atoms with Crippen molar-refractivity contribution in [1.82, 2.24) is 9.78 Å². The summed E-state index contributed by atoms with van der Waals surface area (Å²) in [5.74, 6) is -1.10. The molecule has 6 heteroatoms. The highest BCUT2D eigenvalue weighted by molar-refractivity contribution is 6.05. The summed E-state index contributed by atoms with van der Waals surface area (Å²) in [5, 5.41) is 16.5. The predicted molar refractivity (Wildman–Crippen MR) is 92.4 cm³/mol. The van der Waals surface area contributed by atoms with E-state index in [0.29, 0.717) is 29.1 Å². The molecular formula is C18H23N3O3. The lowest BCUT2D eigenvalue weighted by Crippen LogP contribution is -2.28. The van der Waals surface area contributed by atoms with Gasteiger partial charge in [0.1, 0.15) is 0 Å². The summed E-state index contributed by atoms with van der Waals surface area (Å²) in [6.07, 6.45) is 0.